The number of benzene rings is 3. The van der Waals surface area contributed by atoms with Crippen LogP contribution in [0, 0.1) is 0 Å². The van der Waals surface area contributed by atoms with Crippen molar-refractivity contribution in [3.8, 4) is 0 Å². The Bertz CT molecular complexity index is 869. The van der Waals surface area contributed by atoms with Gasteiger partial charge in [0.2, 0.25) is 5.91 Å². The Kier molecular flexibility index (Phi) is 4.83. The van der Waals surface area contributed by atoms with Crippen LogP contribution in [0.25, 0.3) is 10.8 Å². The molecule has 0 radical (unpaired) electrons. The second-order valence-corrected chi connectivity index (χ2v) is 6.08. The van der Waals surface area contributed by atoms with Gasteiger partial charge in [-0.25, -0.2) is 5.43 Å². The summed E-state index contributed by atoms with van der Waals surface area (Å²) in [5.74, 6) is -0.132. The van der Waals surface area contributed by atoms with Gasteiger partial charge in [-0.1, -0.05) is 70.5 Å². The number of halogens is 1. The number of fused-ring (bicyclic) bond motifs is 1. The first kappa shape index (κ1) is 15.4. The highest BCUT2D eigenvalue weighted by atomic mass is 79.9. The molecule has 3 rings (SSSR count). The zero-order chi connectivity index (χ0) is 16.1. The minimum Gasteiger partial charge on any atom is -0.273 e. The van der Waals surface area contributed by atoms with E-state index in [1.807, 2.05) is 66.7 Å². The van der Waals surface area contributed by atoms with Gasteiger partial charge in [0.25, 0.3) is 0 Å². The summed E-state index contributed by atoms with van der Waals surface area (Å²) in [6.07, 6.45) is 1.93. The molecule has 0 saturated carbocycles. The molecule has 0 aromatic heterocycles. The Balaban J connectivity index is 1.67. The van der Waals surface area contributed by atoms with Gasteiger partial charge in [0.05, 0.1) is 12.6 Å². The number of nitrogens with one attached hydrogen (secondary N) is 1. The van der Waals surface area contributed by atoms with Crippen molar-refractivity contribution in [3.05, 3.63) is 82.3 Å². The normalized spacial score (nSPS) is 11.0. The van der Waals surface area contributed by atoms with E-state index >= 15 is 0 Å². The summed E-state index contributed by atoms with van der Waals surface area (Å²) in [5, 5.41) is 6.25. The van der Waals surface area contributed by atoms with Crippen LogP contribution in [-0.4, -0.2) is 12.1 Å². The summed E-state index contributed by atoms with van der Waals surface area (Å²) in [5.41, 5.74) is 4.50. The van der Waals surface area contributed by atoms with Crippen LogP contribution in [0.3, 0.4) is 0 Å². The third-order valence-electron chi connectivity index (χ3n) is 3.48. The first-order valence-corrected chi connectivity index (χ1v) is 8.06. The third-order valence-corrected chi connectivity index (χ3v) is 3.98. The highest BCUT2D eigenvalue weighted by Gasteiger charge is 2.05. The Hall–Kier alpha value is -2.46. The van der Waals surface area contributed by atoms with E-state index in [9.17, 15) is 4.79 Å². The topological polar surface area (TPSA) is 41.5 Å². The molecule has 0 spiro atoms. The summed E-state index contributed by atoms with van der Waals surface area (Å²) in [6.45, 7) is 0. The molecule has 0 heterocycles. The lowest BCUT2D eigenvalue weighted by atomic mass is 10.0. The van der Waals surface area contributed by atoms with E-state index in [1.54, 1.807) is 6.21 Å². The number of hydrogen-bond donors (Lipinski definition) is 1. The van der Waals surface area contributed by atoms with Crippen LogP contribution in [0.4, 0.5) is 0 Å². The van der Waals surface area contributed by atoms with Crippen molar-refractivity contribution in [1.82, 2.24) is 5.43 Å². The Labute approximate surface area is 143 Å². The molecule has 4 heteroatoms. The fourth-order valence-electron chi connectivity index (χ4n) is 2.42. The van der Waals surface area contributed by atoms with Crippen LogP contribution in [0.2, 0.25) is 0 Å². The van der Waals surface area contributed by atoms with Crippen molar-refractivity contribution in [2.45, 2.75) is 6.42 Å². The first-order valence-electron chi connectivity index (χ1n) is 7.26. The van der Waals surface area contributed by atoms with Crippen LogP contribution in [-0.2, 0) is 11.2 Å². The fourth-order valence-corrected chi connectivity index (χ4v) is 2.84. The van der Waals surface area contributed by atoms with Crippen LogP contribution in [0.1, 0.15) is 11.1 Å². The molecule has 0 saturated heterocycles. The number of carbonyl (C=O) groups is 1. The average Bonchev–Trinajstić information content (AvgIpc) is 2.55. The lowest BCUT2D eigenvalue weighted by Gasteiger charge is -2.05. The first-order chi connectivity index (χ1) is 11.2. The predicted molar refractivity (Wildman–Crippen MR) is 97.5 cm³/mol. The molecule has 0 aliphatic rings. The largest absolute Gasteiger partial charge is 0.273 e. The molecule has 1 N–H and O–H groups in total. The smallest absolute Gasteiger partial charge is 0.244 e. The summed E-state index contributed by atoms with van der Waals surface area (Å²) >= 11 is 3.40. The second-order valence-electron chi connectivity index (χ2n) is 5.16. The van der Waals surface area contributed by atoms with Gasteiger partial charge < -0.3 is 0 Å². The van der Waals surface area contributed by atoms with Gasteiger partial charge in [-0.3, -0.25) is 4.79 Å². The standard InChI is InChI=1S/C19H15BrN2O/c20-17-9-3-5-14(11-17)13-21-22-19(23)12-16-8-4-7-15-6-1-2-10-18(15)16/h1-11,13H,12H2,(H,22,23)/b21-13-. The van der Waals surface area contributed by atoms with E-state index in [0.717, 1.165) is 26.4 Å². The Morgan fingerprint density at radius 1 is 1.04 bits per heavy atom. The molecule has 23 heavy (non-hydrogen) atoms. The van der Waals surface area contributed by atoms with Crippen molar-refractivity contribution >= 4 is 38.8 Å². The SMILES string of the molecule is O=C(Cc1cccc2ccccc12)N/N=C\c1cccc(Br)c1. The van der Waals surface area contributed by atoms with Gasteiger partial charge in [0.15, 0.2) is 0 Å². The molecule has 0 atom stereocenters. The number of carbonyl (C=O) groups excluding carboxylic acids is 1. The fraction of sp³-hybridized carbons (Fsp3) is 0.0526. The number of hydrogen-bond acceptors (Lipinski definition) is 2. The molecular formula is C19H15BrN2O. The van der Waals surface area contributed by atoms with E-state index in [2.05, 4.69) is 26.5 Å². The van der Waals surface area contributed by atoms with Crippen LogP contribution in [0.5, 0.6) is 0 Å². The van der Waals surface area contributed by atoms with Crippen molar-refractivity contribution in [2.24, 2.45) is 5.10 Å². The molecule has 114 valence electrons. The summed E-state index contributed by atoms with van der Waals surface area (Å²) < 4.78 is 0.975. The lowest BCUT2D eigenvalue weighted by molar-refractivity contribution is -0.120. The minimum absolute atomic E-state index is 0.132. The maximum Gasteiger partial charge on any atom is 0.244 e. The van der Waals surface area contributed by atoms with Crippen molar-refractivity contribution in [1.29, 1.82) is 0 Å². The zero-order valence-corrected chi connectivity index (χ0v) is 14.0. The third kappa shape index (κ3) is 4.05. The number of rotatable bonds is 4. The van der Waals surface area contributed by atoms with Crippen LogP contribution >= 0.6 is 15.9 Å². The molecule has 0 fully saturated rings. The van der Waals surface area contributed by atoms with E-state index in [1.165, 1.54) is 0 Å². The van der Waals surface area contributed by atoms with Crippen LogP contribution < -0.4 is 5.43 Å². The molecule has 0 unspecified atom stereocenters. The predicted octanol–water partition coefficient (Wildman–Crippen LogP) is 4.30. The Morgan fingerprint density at radius 3 is 2.70 bits per heavy atom. The molecule has 0 aliphatic heterocycles. The maximum atomic E-state index is 12.1. The van der Waals surface area contributed by atoms with E-state index in [0.29, 0.717) is 6.42 Å². The molecule has 1 amide bonds. The molecule has 0 aliphatic carbocycles. The average molecular weight is 367 g/mol. The van der Waals surface area contributed by atoms with Gasteiger partial charge in [-0.15, -0.1) is 0 Å². The maximum absolute atomic E-state index is 12.1. The van der Waals surface area contributed by atoms with E-state index in [4.69, 9.17) is 0 Å². The summed E-state index contributed by atoms with van der Waals surface area (Å²) in [7, 11) is 0. The number of hydrazone groups is 1. The van der Waals surface area contributed by atoms with Crippen molar-refractivity contribution in [2.75, 3.05) is 0 Å². The zero-order valence-electron chi connectivity index (χ0n) is 12.4. The van der Waals surface area contributed by atoms with Gasteiger partial charge in [-0.05, 0) is 34.0 Å². The highest BCUT2D eigenvalue weighted by Crippen LogP contribution is 2.18. The van der Waals surface area contributed by atoms with Gasteiger partial charge in [-0.2, -0.15) is 5.10 Å². The highest BCUT2D eigenvalue weighted by molar-refractivity contribution is 9.10. The summed E-state index contributed by atoms with van der Waals surface area (Å²) in [4.78, 5) is 12.1. The van der Waals surface area contributed by atoms with Crippen molar-refractivity contribution < 1.29 is 4.79 Å². The van der Waals surface area contributed by atoms with Crippen molar-refractivity contribution in [3.63, 3.8) is 0 Å². The molecular weight excluding hydrogens is 352 g/mol. The minimum atomic E-state index is -0.132. The number of amides is 1. The quantitative estimate of drug-likeness (QED) is 0.542. The van der Waals surface area contributed by atoms with Gasteiger partial charge in [0, 0.05) is 4.47 Å². The molecule has 3 nitrogen and oxygen atoms in total. The molecule has 0 bridgehead atoms. The number of nitrogens with zero attached hydrogens (tertiary/aromatic N) is 1. The van der Waals surface area contributed by atoms with Gasteiger partial charge >= 0.3 is 0 Å². The Morgan fingerprint density at radius 2 is 1.83 bits per heavy atom. The van der Waals surface area contributed by atoms with Crippen LogP contribution in [0.15, 0.2) is 76.3 Å². The van der Waals surface area contributed by atoms with E-state index < -0.39 is 0 Å². The second kappa shape index (κ2) is 7.20. The molecule has 3 aromatic rings. The van der Waals surface area contributed by atoms with E-state index in [-0.39, 0.29) is 5.91 Å². The molecule has 3 aromatic carbocycles. The summed E-state index contributed by atoms with van der Waals surface area (Å²) in [6, 6.07) is 21.7. The monoisotopic (exact) mass is 366 g/mol. The van der Waals surface area contributed by atoms with Gasteiger partial charge in [0.1, 0.15) is 0 Å². The lowest BCUT2D eigenvalue weighted by Crippen LogP contribution is -2.19.